The van der Waals surface area contributed by atoms with E-state index in [4.69, 9.17) is 13.5 Å². The van der Waals surface area contributed by atoms with Crippen molar-refractivity contribution in [1.82, 2.24) is 19.5 Å². The first-order valence-corrected chi connectivity index (χ1v) is 24.6. The summed E-state index contributed by atoms with van der Waals surface area (Å²) in [5.74, 6) is 7.77. The zero-order chi connectivity index (χ0) is 38.3. The minimum Gasteiger partial charge on any atom is 0 e. The quantitative estimate of drug-likeness (QED) is 0.127. The SMILES string of the molecule is Cc1ccc2c(n1)oc1c(-c3nc4ccccc4n3-c3ccccc3-c3ccccc3)[c-]ccc12.[2H]C([2H])([2H])c1c[c-]c(-c2cc[c]([Ge]([CH3])([CH3])[CH3])cn2)cc1.[Ir]. The van der Waals surface area contributed by atoms with E-state index in [1.165, 1.54) is 10.5 Å². The Balaban J connectivity index is 0.000000197. The molecule has 0 N–H and O–H groups in total. The van der Waals surface area contributed by atoms with E-state index in [0.717, 1.165) is 72.5 Å². The molecule has 0 atom stereocenters. The number of furan rings is 1. The molecule has 0 amide bonds. The van der Waals surface area contributed by atoms with E-state index in [1.54, 1.807) is 12.1 Å². The third kappa shape index (κ3) is 7.27. The zero-order valence-corrected chi connectivity index (χ0v) is 34.3. The molecular formula is C46H38GeIrN4O-2. The molecular weight excluding hydrogens is 889 g/mol. The van der Waals surface area contributed by atoms with Gasteiger partial charge in [0, 0.05) is 42.4 Å². The summed E-state index contributed by atoms with van der Waals surface area (Å²) in [6.45, 7) is -0.105. The maximum absolute atomic E-state index is 7.35. The summed E-state index contributed by atoms with van der Waals surface area (Å²) in [6, 6.07) is 50.6. The Labute approximate surface area is 330 Å². The molecule has 1 radical (unpaired) electrons. The van der Waals surface area contributed by atoms with Gasteiger partial charge in [0.25, 0.3) is 0 Å². The number of aryl methyl sites for hydroxylation is 2. The van der Waals surface area contributed by atoms with Gasteiger partial charge in [-0.05, 0) is 42.8 Å². The van der Waals surface area contributed by atoms with Gasteiger partial charge in [0.2, 0.25) is 5.71 Å². The first kappa shape index (κ1) is 32.5. The Kier molecular flexibility index (Phi) is 9.25. The molecule has 0 spiro atoms. The molecule has 5 nitrogen and oxygen atoms in total. The van der Waals surface area contributed by atoms with E-state index in [0.29, 0.717) is 11.3 Å². The minimum absolute atomic E-state index is 0. The van der Waals surface area contributed by atoms with Gasteiger partial charge >= 0.3 is 110 Å². The maximum Gasteiger partial charge on any atom is 0 e. The summed E-state index contributed by atoms with van der Waals surface area (Å²) in [6.07, 6.45) is 1.95. The molecule has 53 heavy (non-hydrogen) atoms. The van der Waals surface area contributed by atoms with Crippen molar-refractivity contribution in [3.05, 3.63) is 163 Å². The van der Waals surface area contributed by atoms with Crippen molar-refractivity contribution in [2.24, 2.45) is 0 Å². The van der Waals surface area contributed by atoms with Crippen LogP contribution in [0, 0.1) is 25.9 Å². The van der Waals surface area contributed by atoms with Crippen molar-refractivity contribution in [3.8, 4) is 39.5 Å². The van der Waals surface area contributed by atoms with E-state index in [1.807, 2.05) is 61.7 Å². The van der Waals surface area contributed by atoms with Gasteiger partial charge < -0.3 is 8.98 Å². The van der Waals surface area contributed by atoms with Crippen LogP contribution in [0.4, 0.5) is 0 Å². The van der Waals surface area contributed by atoms with E-state index >= 15 is 0 Å². The number of imidazole rings is 1. The standard InChI is InChI=1S/C31H20N3O.C15H18GeN.Ir/c1-20-18-19-24-23-13-9-14-25(29(23)35-31(24)32-20)30-33-26-15-6-8-17-28(26)34(30)27-16-7-5-12-22(27)21-10-3-2-4-11-21;1-12-5-7-13(8-6-12)15-10-9-14(11-17-15)16(2,3)4;/h2-13,15-19H,1H3;5-7,9-11H,1-4H3;/q2*-1;/i;1D3;. The topological polar surface area (TPSA) is 56.7 Å². The van der Waals surface area contributed by atoms with Crippen molar-refractivity contribution in [2.45, 2.75) is 31.0 Å². The van der Waals surface area contributed by atoms with E-state index < -0.39 is 20.1 Å². The van der Waals surface area contributed by atoms with Crippen molar-refractivity contribution >= 4 is 50.8 Å². The number of hydrogen-bond donors (Lipinski definition) is 0. The second kappa shape index (κ2) is 15.1. The molecule has 4 aromatic heterocycles. The van der Waals surface area contributed by atoms with Crippen LogP contribution in [0.25, 0.3) is 72.6 Å². The molecule has 0 aliphatic carbocycles. The van der Waals surface area contributed by atoms with E-state index in [-0.39, 0.29) is 20.1 Å². The number of para-hydroxylation sites is 3. The van der Waals surface area contributed by atoms with Crippen LogP contribution in [0.2, 0.25) is 17.3 Å². The summed E-state index contributed by atoms with van der Waals surface area (Å²) < 4.78 is 31.9. The first-order chi connectivity index (χ1) is 26.5. The van der Waals surface area contributed by atoms with Crippen LogP contribution in [-0.2, 0) is 20.1 Å². The molecule has 0 unspecified atom stereocenters. The van der Waals surface area contributed by atoms with Crippen LogP contribution >= 0.6 is 0 Å². The predicted molar refractivity (Wildman–Crippen MR) is 217 cm³/mol. The summed E-state index contributed by atoms with van der Waals surface area (Å²) in [5.41, 5.74) is 10.4. The van der Waals surface area contributed by atoms with Gasteiger partial charge in [-0.25, -0.2) is 4.98 Å². The molecule has 0 aliphatic heterocycles. The normalized spacial score (nSPS) is 12.4. The molecule has 0 bridgehead atoms. The smallest absolute Gasteiger partial charge is 0 e. The van der Waals surface area contributed by atoms with Crippen molar-refractivity contribution in [2.75, 3.05) is 0 Å². The second-order valence-electron chi connectivity index (χ2n) is 13.8. The average Bonchev–Trinajstić information content (AvgIpc) is 3.76. The maximum atomic E-state index is 7.35. The Morgan fingerprint density at radius 3 is 2.30 bits per heavy atom. The third-order valence-electron chi connectivity index (χ3n) is 9.17. The third-order valence-corrected chi connectivity index (χ3v) is 13.4. The fraction of sp³-hybridized carbons (Fsp3) is 0.109. The van der Waals surface area contributed by atoms with Gasteiger partial charge in [-0.1, -0.05) is 71.6 Å². The number of pyridine rings is 2. The molecule has 263 valence electrons. The van der Waals surface area contributed by atoms with Gasteiger partial charge in [-0.3, -0.25) is 4.98 Å². The van der Waals surface area contributed by atoms with Crippen LogP contribution in [0.1, 0.15) is 15.4 Å². The number of nitrogens with zero attached hydrogens (tertiary/aromatic N) is 4. The number of aromatic nitrogens is 4. The van der Waals surface area contributed by atoms with Crippen LogP contribution in [-0.4, -0.2) is 32.8 Å². The number of benzene rings is 5. The molecule has 0 saturated heterocycles. The minimum atomic E-state index is -2.08. The van der Waals surface area contributed by atoms with Crippen molar-refractivity contribution in [1.29, 1.82) is 0 Å². The van der Waals surface area contributed by atoms with E-state index in [9.17, 15) is 0 Å². The zero-order valence-electron chi connectivity index (χ0n) is 32.8. The molecule has 9 aromatic rings. The second-order valence-corrected chi connectivity index (χ2v) is 24.5. The number of rotatable bonds is 5. The monoisotopic (exact) mass is 932 g/mol. The fourth-order valence-corrected chi connectivity index (χ4v) is 8.60. The van der Waals surface area contributed by atoms with Gasteiger partial charge in [0.1, 0.15) is 0 Å². The van der Waals surface area contributed by atoms with Gasteiger partial charge in [0.15, 0.2) is 0 Å². The Morgan fingerprint density at radius 2 is 1.55 bits per heavy atom. The Bertz CT molecular complexity index is 2740. The van der Waals surface area contributed by atoms with Crippen molar-refractivity contribution in [3.63, 3.8) is 0 Å². The molecule has 7 heteroatoms. The van der Waals surface area contributed by atoms with Gasteiger partial charge in [-0.2, -0.15) is 0 Å². The van der Waals surface area contributed by atoms with Crippen molar-refractivity contribution < 1.29 is 28.6 Å². The Hall–Kier alpha value is -5.14. The number of fused-ring (bicyclic) bond motifs is 4. The molecule has 9 rings (SSSR count). The van der Waals surface area contributed by atoms with E-state index in [2.05, 4.69) is 111 Å². The van der Waals surface area contributed by atoms with Gasteiger partial charge in [0.05, 0.1) is 22.4 Å². The largest absolute Gasteiger partial charge is 0 e. The van der Waals surface area contributed by atoms with Crippen LogP contribution < -0.4 is 4.40 Å². The predicted octanol–water partition coefficient (Wildman–Crippen LogP) is 11.2. The van der Waals surface area contributed by atoms with Crippen LogP contribution in [0.3, 0.4) is 0 Å². The fourth-order valence-electron chi connectivity index (χ4n) is 6.43. The molecule has 5 aromatic carbocycles. The molecule has 0 aliphatic rings. The molecule has 0 saturated carbocycles. The molecule has 4 heterocycles. The average molecular weight is 931 g/mol. The summed E-state index contributed by atoms with van der Waals surface area (Å²) in [4.78, 5) is 14.2. The first-order valence-electron chi connectivity index (χ1n) is 18.8. The van der Waals surface area contributed by atoms with Crippen LogP contribution in [0.15, 0.2) is 144 Å². The molecule has 0 fully saturated rings. The Morgan fingerprint density at radius 1 is 0.755 bits per heavy atom. The summed E-state index contributed by atoms with van der Waals surface area (Å²) in [7, 11) is 0. The van der Waals surface area contributed by atoms with Crippen LogP contribution in [0.5, 0.6) is 0 Å². The number of hydrogen-bond acceptors (Lipinski definition) is 4. The summed E-state index contributed by atoms with van der Waals surface area (Å²) in [5, 5.41) is 2.00. The summed E-state index contributed by atoms with van der Waals surface area (Å²) >= 11 is -1.83. The van der Waals surface area contributed by atoms with Gasteiger partial charge in [-0.15, -0.1) is 18.2 Å².